The Hall–Kier alpha value is -7.80. The SMILES string of the molecule is CC1(C)c2cc(-c3ccc(C=Cc4ccc5ccc6cccc7ccc4c5c67)cc3)ccc2-c2ccc(-c3ccc(C=Cc4ccc5ccc6cccc7ccc4c5c67)cc3)cc21. The zero-order valence-corrected chi connectivity index (χ0v) is 35.3. The summed E-state index contributed by atoms with van der Waals surface area (Å²) in [5.41, 5.74) is 15.2. The molecule has 0 aliphatic heterocycles. The summed E-state index contributed by atoms with van der Waals surface area (Å²) in [4.78, 5) is 0. The van der Waals surface area contributed by atoms with Gasteiger partial charge in [-0.1, -0.05) is 220 Å². The summed E-state index contributed by atoms with van der Waals surface area (Å²) in [5, 5.41) is 15.8. The maximum Gasteiger partial charge on any atom is 0.0159 e. The van der Waals surface area contributed by atoms with Gasteiger partial charge in [-0.05, 0) is 144 Å². The lowest BCUT2D eigenvalue weighted by Gasteiger charge is -2.22. The molecular formula is C63H42. The fraction of sp³-hybridized carbons (Fsp3) is 0.0476. The van der Waals surface area contributed by atoms with Gasteiger partial charge in [-0.25, -0.2) is 0 Å². The highest BCUT2D eigenvalue weighted by molar-refractivity contribution is 6.25. The molecule has 0 unspecified atom stereocenters. The second-order valence-electron chi connectivity index (χ2n) is 18.1. The molecule has 0 heterocycles. The lowest BCUT2D eigenvalue weighted by molar-refractivity contribution is 0.661. The summed E-state index contributed by atoms with van der Waals surface area (Å²) in [5.74, 6) is 0. The monoisotopic (exact) mass is 798 g/mol. The van der Waals surface area contributed by atoms with E-state index in [9.17, 15) is 0 Å². The van der Waals surface area contributed by atoms with E-state index in [-0.39, 0.29) is 5.41 Å². The third-order valence-electron chi connectivity index (χ3n) is 14.2. The van der Waals surface area contributed by atoms with Gasteiger partial charge in [-0.15, -0.1) is 0 Å². The van der Waals surface area contributed by atoms with Gasteiger partial charge in [-0.2, -0.15) is 0 Å². The fourth-order valence-electron chi connectivity index (χ4n) is 10.8. The smallest absolute Gasteiger partial charge is 0.0159 e. The molecule has 0 aromatic heterocycles. The molecular weight excluding hydrogens is 757 g/mol. The molecule has 0 saturated carbocycles. The predicted molar refractivity (Wildman–Crippen MR) is 273 cm³/mol. The van der Waals surface area contributed by atoms with Crippen LogP contribution in [-0.2, 0) is 5.41 Å². The van der Waals surface area contributed by atoms with Gasteiger partial charge in [0, 0.05) is 5.41 Å². The van der Waals surface area contributed by atoms with Crippen LogP contribution < -0.4 is 0 Å². The Balaban J connectivity index is 0.745. The fourth-order valence-corrected chi connectivity index (χ4v) is 10.8. The molecule has 0 fully saturated rings. The number of benzene rings is 12. The molecule has 12 aromatic carbocycles. The summed E-state index contributed by atoms with van der Waals surface area (Å²) in [7, 11) is 0. The molecule has 0 N–H and O–H groups in total. The predicted octanol–water partition coefficient (Wildman–Crippen LogP) is 17.5. The zero-order valence-electron chi connectivity index (χ0n) is 35.3. The molecule has 0 bridgehead atoms. The van der Waals surface area contributed by atoms with E-state index >= 15 is 0 Å². The topological polar surface area (TPSA) is 0 Å². The third-order valence-corrected chi connectivity index (χ3v) is 14.2. The number of hydrogen-bond donors (Lipinski definition) is 0. The molecule has 13 rings (SSSR count). The lowest BCUT2D eigenvalue weighted by atomic mass is 9.81. The first-order valence-electron chi connectivity index (χ1n) is 22.1. The van der Waals surface area contributed by atoms with Crippen molar-refractivity contribution >= 4 is 88.9 Å². The Bertz CT molecular complexity index is 3550. The minimum atomic E-state index is -0.122. The van der Waals surface area contributed by atoms with Crippen LogP contribution in [0.1, 0.15) is 47.2 Å². The highest BCUT2D eigenvalue weighted by atomic mass is 14.4. The molecule has 0 saturated heterocycles. The van der Waals surface area contributed by atoms with Crippen molar-refractivity contribution in [2.75, 3.05) is 0 Å². The molecule has 0 spiro atoms. The van der Waals surface area contributed by atoms with Crippen LogP contribution in [0.3, 0.4) is 0 Å². The van der Waals surface area contributed by atoms with Crippen molar-refractivity contribution in [1.29, 1.82) is 0 Å². The van der Waals surface area contributed by atoms with Crippen LogP contribution >= 0.6 is 0 Å². The largest absolute Gasteiger partial charge is 0.0610 e. The Morgan fingerprint density at radius 2 is 0.651 bits per heavy atom. The standard InChI is InChI=1S/C63H42/c1-63(2)57-37-51(41-15-9-39(10-16-41)13-19-43-21-23-49-27-25-45-5-3-7-47-29-33-53(43)61(49)59(45)47)31-35-55(57)56-36-32-52(38-58(56)63)42-17-11-40(12-18-42)14-20-44-22-24-50-28-26-46-6-4-8-48-30-34-54(44)62(50)60(46)48/h3-38H,1-2H3. The van der Waals surface area contributed by atoms with Crippen LogP contribution in [0.4, 0.5) is 0 Å². The molecule has 0 amide bonds. The van der Waals surface area contributed by atoms with Crippen LogP contribution in [-0.4, -0.2) is 0 Å². The number of rotatable bonds is 6. The van der Waals surface area contributed by atoms with E-state index in [0.717, 1.165) is 0 Å². The molecule has 294 valence electrons. The summed E-state index contributed by atoms with van der Waals surface area (Å²) >= 11 is 0. The zero-order chi connectivity index (χ0) is 41.8. The highest BCUT2D eigenvalue weighted by Crippen LogP contribution is 2.51. The molecule has 12 aromatic rings. The van der Waals surface area contributed by atoms with Crippen LogP contribution in [0.2, 0.25) is 0 Å². The molecule has 0 radical (unpaired) electrons. The van der Waals surface area contributed by atoms with E-state index in [1.54, 1.807) is 0 Å². The van der Waals surface area contributed by atoms with Gasteiger partial charge in [0.1, 0.15) is 0 Å². The van der Waals surface area contributed by atoms with E-state index in [1.165, 1.54) is 131 Å². The Morgan fingerprint density at radius 3 is 1.06 bits per heavy atom. The van der Waals surface area contributed by atoms with Crippen molar-refractivity contribution in [3.05, 3.63) is 228 Å². The molecule has 1 aliphatic rings. The molecule has 1 aliphatic carbocycles. The Morgan fingerprint density at radius 1 is 0.302 bits per heavy atom. The molecule has 0 heteroatoms. The van der Waals surface area contributed by atoms with E-state index < -0.39 is 0 Å². The quantitative estimate of drug-likeness (QED) is 0.116. The first-order chi connectivity index (χ1) is 30.9. The van der Waals surface area contributed by atoms with Crippen LogP contribution in [0, 0.1) is 0 Å². The van der Waals surface area contributed by atoms with Crippen molar-refractivity contribution in [1.82, 2.24) is 0 Å². The third kappa shape index (κ3) is 5.61. The number of hydrogen-bond acceptors (Lipinski definition) is 0. The Labute approximate surface area is 367 Å². The van der Waals surface area contributed by atoms with Crippen molar-refractivity contribution in [2.45, 2.75) is 19.3 Å². The van der Waals surface area contributed by atoms with E-state index in [0.29, 0.717) is 0 Å². The van der Waals surface area contributed by atoms with Gasteiger partial charge in [0.05, 0.1) is 0 Å². The van der Waals surface area contributed by atoms with Gasteiger partial charge in [0.15, 0.2) is 0 Å². The van der Waals surface area contributed by atoms with Gasteiger partial charge in [-0.3, -0.25) is 0 Å². The summed E-state index contributed by atoms with van der Waals surface area (Å²) < 4.78 is 0. The first kappa shape index (κ1) is 35.9. The van der Waals surface area contributed by atoms with Gasteiger partial charge in [0.25, 0.3) is 0 Å². The van der Waals surface area contributed by atoms with Gasteiger partial charge in [0.2, 0.25) is 0 Å². The highest BCUT2D eigenvalue weighted by Gasteiger charge is 2.36. The maximum absolute atomic E-state index is 2.42. The van der Waals surface area contributed by atoms with Crippen LogP contribution in [0.15, 0.2) is 194 Å². The van der Waals surface area contributed by atoms with Gasteiger partial charge < -0.3 is 0 Å². The average molecular weight is 799 g/mol. The van der Waals surface area contributed by atoms with E-state index in [4.69, 9.17) is 0 Å². The first-order valence-corrected chi connectivity index (χ1v) is 22.1. The minimum Gasteiger partial charge on any atom is -0.0610 e. The average Bonchev–Trinajstić information content (AvgIpc) is 3.56. The summed E-state index contributed by atoms with van der Waals surface area (Å²) in [6.45, 7) is 4.76. The normalized spacial score (nSPS) is 13.6. The maximum atomic E-state index is 2.42. The molecule has 0 nitrogen and oxygen atoms in total. The van der Waals surface area contributed by atoms with Crippen molar-refractivity contribution in [3.63, 3.8) is 0 Å². The second-order valence-corrected chi connectivity index (χ2v) is 18.1. The Kier molecular flexibility index (Phi) is 7.75. The van der Waals surface area contributed by atoms with Crippen LogP contribution in [0.5, 0.6) is 0 Å². The minimum absolute atomic E-state index is 0.122. The van der Waals surface area contributed by atoms with E-state index in [2.05, 4.69) is 232 Å². The van der Waals surface area contributed by atoms with Gasteiger partial charge >= 0.3 is 0 Å². The van der Waals surface area contributed by atoms with Crippen molar-refractivity contribution in [3.8, 4) is 33.4 Å². The summed E-state index contributed by atoms with van der Waals surface area (Å²) in [6.07, 6.45) is 9.03. The summed E-state index contributed by atoms with van der Waals surface area (Å²) in [6, 6.07) is 72.5. The molecule has 63 heavy (non-hydrogen) atoms. The van der Waals surface area contributed by atoms with Crippen molar-refractivity contribution < 1.29 is 0 Å². The molecule has 0 atom stereocenters. The van der Waals surface area contributed by atoms with E-state index in [1.807, 2.05) is 0 Å². The van der Waals surface area contributed by atoms with Crippen molar-refractivity contribution in [2.24, 2.45) is 0 Å². The van der Waals surface area contributed by atoms with Crippen LogP contribution in [0.25, 0.3) is 122 Å². The lowest BCUT2D eigenvalue weighted by Crippen LogP contribution is -2.15. The second kappa shape index (κ2) is 13.6. The number of fused-ring (bicyclic) bond motifs is 3.